The maximum Gasteiger partial charge on any atom is 0.244 e. The normalized spacial score (nSPS) is 38.6. The first-order valence-corrected chi connectivity index (χ1v) is 11.5. The van der Waals surface area contributed by atoms with E-state index in [1.165, 1.54) is 0 Å². The summed E-state index contributed by atoms with van der Waals surface area (Å²) in [6.07, 6.45) is 1.54. The molecule has 2 heterocycles. The molecule has 0 spiro atoms. The standard InChI is InChI=1S/C16H29ClFN5O3S/c1-23-8-13(20-9-23)10-6-11(15(18)12(17)7-10)16(24)21-22-27(25,26)14-4-2-3-5-19-14/h10-15,19-20,22H,2-9H2,1H3,(H,21,24). The zero-order chi connectivity index (χ0) is 19.6. The van der Waals surface area contributed by atoms with Gasteiger partial charge < -0.3 is 0 Å². The maximum atomic E-state index is 14.6. The van der Waals surface area contributed by atoms with Crippen LogP contribution < -0.4 is 20.9 Å². The number of carbonyl (C=O) groups excluding carboxylic acids is 1. The van der Waals surface area contributed by atoms with Gasteiger partial charge in [0.05, 0.1) is 11.3 Å². The molecule has 2 aliphatic heterocycles. The molecule has 11 heteroatoms. The molecule has 1 aliphatic carbocycles. The quantitative estimate of drug-likeness (QED) is 0.361. The van der Waals surface area contributed by atoms with Gasteiger partial charge in [0.15, 0.2) is 0 Å². The number of nitrogens with zero attached hydrogens (tertiary/aromatic N) is 1. The summed E-state index contributed by atoms with van der Waals surface area (Å²) >= 11 is 6.18. The number of rotatable bonds is 5. The molecule has 4 N–H and O–H groups in total. The predicted octanol–water partition coefficient (Wildman–Crippen LogP) is -0.131. The Labute approximate surface area is 165 Å². The van der Waals surface area contributed by atoms with Gasteiger partial charge in [0.2, 0.25) is 15.9 Å². The molecule has 2 saturated heterocycles. The fourth-order valence-electron chi connectivity index (χ4n) is 4.23. The molecule has 0 aromatic heterocycles. The first-order valence-electron chi connectivity index (χ1n) is 9.52. The SMILES string of the molecule is CN1CNC(C2CC(Cl)C(F)C(C(=O)NNS(=O)(=O)C3CCCCN3)C2)C1. The van der Waals surface area contributed by atoms with E-state index in [1.807, 2.05) is 7.05 Å². The Hall–Kier alpha value is -0.520. The van der Waals surface area contributed by atoms with Crippen molar-refractivity contribution in [1.82, 2.24) is 25.8 Å². The predicted molar refractivity (Wildman–Crippen MR) is 101 cm³/mol. The van der Waals surface area contributed by atoms with Crippen molar-refractivity contribution >= 4 is 27.5 Å². The third-order valence-corrected chi connectivity index (χ3v) is 7.77. The Balaban J connectivity index is 1.58. The van der Waals surface area contributed by atoms with Crippen LogP contribution in [0.5, 0.6) is 0 Å². The smallest absolute Gasteiger partial charge is 0.244 e. The Morgan fingerprint density at radius 3 is 2.67 bits per heavy atom. The number of hydrogen-bond acceptors (Lipinski definition) is 6. The number of nitrogens with one attached hydrogen (secondary N) is 4. The van der Waals surface area contributed by atoms with Crippen LogP contribution in [0.4, 0.5) is 4.39 Å². The lowest BCUT2D eigenvalue weighted by molar-refractivity contribution is -0.129. The number of hydrazine groups is 1. The molecule has 0 radical (unpaired) electrons. The van der Waals surface area contributed by atoms with Crippen molar-refractivity contribution in [1.29, 1.82) is 0 Å². The van der Waals surface area contributed by atoms with Gasteiger partial charge in [-0.2, -0.15) is 0 Å². The molecule has 1 amide bonds. The molecule has 0 aromatic carbocycles. The lowest BCUT2D eigenvalue weighted by Gasteiger charge is -2.37. The molecule has 0 aromatic rings. The van der Waals surface area contributed by atoms with Gasteiger partial charge in [-0.15, -0.1) is 16.4 Å². The number of hydrogen-bond donors (Lipinski definition) is 4. The van der Waals surface area contributed by atoms with Crippen molar-refractivity contribution < 1.29 is 17.6 Å². The fraction of sp³-hybridized carbons (Fsp3) is 0.938. The van der Waals surface area contributed by atoms with E-state index in [2.05, 4.69) is 25.8 Å². The van der Waals surface area contributed by atoms with Gasteiger partial charge in [0.1, 0.15) is 11.5 Å². The molecule has 0 bridgehead atoms. The minimum Gasteiger partial charge on any atom is -0.300 e. The number of amides is 1. The molecule has 8 nitrogen and oxygen atoms in total. The van der Waals surface area contributed by atoms with Crippen LogP contribution in [0.15, 0.2) is 0 Å². The minimum absolute atomic E-state index is 0.0665. The first kappa shape index (κ1) is 21.2. The van der Waals surface area contributed by atoms with Crippen LogP contribution in [-0.4, -0.2) is 69.0 Å². The zero-order valence-electron chi connectivity index (χ0n) is 15.5. The highest BCUT2D eigenvalue weighted by Crippen LogP contribution is 2.37. The molecular weight excluding hydrogens is 397 g/mol. The van der Waals surface area contributed by atoms with E-state index in [-0.39, 0.29) is 12.0 Å². The minimum atomic E-state index is -3.75. The highest BCUT2D eigenvalue weighted by molar-refractivity contribution is 7.90. The third-order valence-electron chi connectivity index (χ3n) is 5.81. The average Bonchev–Trinajstić information content (AvgIpc) is 3.09. The van der Waals surface area contributed by atoms with Gasteiger partial charge in [-0.05, 0) is 51.6 Å². The van der Waals surface area contributed by atoms with Crippen LogP contribution >= 0.6 is 11.6 Å². The van der Waals surface area contributed by atoms with Gasteiger partial charge in [-0.3, -0.25) is 25.8 Å². The number of sulfonamides is 1. The van der Waals surface area contributed by atoms with E-state index in [1.54, 1.807) is 0 Å². The van der Waals surface area contributed by atoms with Crippen molar-refractivity contribution in [2.75, 3.05) is 26.8 Å². The van der Waals surface area contributed by atoms with Crippen molar-refractivity contribution in [3.05, 3.63) is 0 Å². The number of halogens is 2. The summed E-state index contributed by atoms with van der Waals surface area (Å²) in [6.45, 7) is 2.19. The molecule has 27 heavy (non-hydrogen) atoms. The van der Waals surface area contributed by atoms with Crippen molar-refractivity contribution in [3.8, 4) is 0 Å². The summed E-state index contributed by atoms with van der Waals surface area (Å²) in [4.78, 5) is 16.8. The number of carbonyl (C=O) groups is 1. The van der Waals surface area contributed by atoms with Gasteiger partial charge in [-0.25, -0.2) is 12.8 Å². The summed E-state index contributed by atoms with van der Waals surface area (Å²) < 4.78 is 39.2. The summed E-state index contributed by atoms with van der Waals surface area (Å²) in [5, 5.41) is 4.78. The Morgan fingerprint density at radius 2 is 2.04 bits per heavy atom. The highest BCUT2D eigenvalue weighted by atomic mass is 35.5. The van der Waals surface area contributed by atoms with Crippen molar-refractivity contribution in [3.63, 3.8) is 0 Å². The lowest BCUT2D eigenvalue weighted by Crippen LogP contribution is -2.55. The number of alkyl halides is 2. The van der Waals surface area contributed by atoms with Gasteiger partial charge in [-0.1, -0.05) is 0 Å². The van der Waals surface area contributed by atoms with E-state index in [9.17, 15) is 17.6 Å². The molecule has 6 unspecified atom stereocenters. The Kier molecular flexibility index (Phi) is 6.97. The van der Waals surface area contributed by atoms with E-state index >= 15 is 0 Å². The maximum absolute atomic E-state index is 14.6. The van der Waals surface area contributed by atoms with E-state index in [0.29, 0.717) is 25.8 Å². The molecular formula is C16H29ClFN5O3S. The summed E-state index contributed by atoms with van der Waals surface area (Å²) in [6, 6.07) is 0.155. The molecule has 3 fully saturated rings. The second-order valence-corrected chi connectivity index (χ2v) is 10.3. The Bertz CT molecular complexity index is 634. The fourth-order valence-corrected chi connectivity index (χ4v) is 5.83. The largest absolute Gasteiger partial charge is 0.300 e. The average molecular weight is 426 g/mol. The number of piperidine rings is 1. The van der Waals surface area contributed by atoms with E-state index in [0.717, 1.165) is 26.1 Å². The molecule has 3 rings (SSSR count). The summed E-state index contributed by atoms with van der Waals surface area (Å²) in [5.41, 5.74) is 2.21. The third kappa shape index (κ3) is 5.10. The van der Waals surface area contributed by atoms with Gasteiger partial charge >= 0.3 is 0 Å². The second-order valence-electron chi connectivity index (χ2n) is 7.88. The molecule has 156 valence electrons. The van der Waals surface area contributed by atoms with Crippen LogP contribution in [0, 0.1) is 11.8 Å². The van der Waals surface area contributed by atoms with Gasteiger partial charge in [0.25, 0.3) is 0 Å². The zero-order valence-corrected chi connectivity index (χ0v) is 17.0. The first-order chi connectivity index (χ1) is 12.8. The molecule has 6 atom stereocenters. The van der Waals surface area contributed by atoms with Crippen LogP contribution in [0.2, 0.25) is 0 Å². The topological polar surface area (TPSA) is 103 Å². The van der Waals surface area contributed by atoms with Crippen LogP contribution in [0.25, 0.3) is 0 Å². The van der Waals surface area contributed by atoms with Crippen molar-refractivity contribution in [2.24, 2.45) is 11.8 Å². The summed E-state index contributed by atoms with van der Waals surface area (Å²) in [5.74, 6) is -1.57. The lowest BCUT2D eigenvalue weighted by atomic mass is 9.76. The highest BCUT2D eigenvalue weighted by Gasteiger charge is 2.44. The Morgan fingerprint density at radius 1 is 1.26 bits per heavy atom. The van der Waals surface area contributed by atoms with Crippen LogP contribution in [0.1, 0.15) is 32.1 Å². The van der Waals surface area contributed by atoms with E-state index < -0.39 is 38.8 Å². The number of likely N-dealkylation sites (N-methyl/N-ethyl adjacent to an activating group) is 1. The monoisotopic (exact) mass is 425 g/mol. The van der Waals surface area contributed by atoms with Crippen molar-refractivity contribution in [2.45, 2.75) is 55.1 Å². The second kappa shape index (κ2) is 8.87. The molecule has 1 saturated carbocycles. The van der Waals surface area contributed by atoms with E-state index in [4.69, 9.17) is 11.6 Å². The van der Waals surface area contributed by atoms with Crippen LogP contribution in [0.3, 0.4) is 0 Å². The summed E-state index contributed by atoms with van der Waals surface area (Å²) in [7, 11) is -1.76. The van der Waals surface area contributed by atoms with Crippen LogP contribution in [-0.2, 0) is 14.8 Å². The molecule has 3 aliphatic rings. The van der Waals surface area contributed by atoms with Gasteiger partial charge in [0, 0.05) is 19.3 Å².